The molecule has 0 aliphatic heterocycles. The lowest BCUT2D eigenvalue weighted by molar-refractivity contribution is -0.140. The minimum absolute atomic E-state index is 0.330. The van der Waals surface area contributed by atoms with Crippen LogP contribution in [0.15, 0.2) is 48.5 Å². The molecule has 2 atom stereocenters. The standard InChI is InChI=1S/C28H36N4O4/c1-18(2)23(31-27(35)36-28(5,6)7)26(34)32(16-15-29)24(21-13-10-11-19(3)17-21)25(33)30-22-14-9-8-12-20(22)4/h8-14,17-18,23-24H,16H2,1-7H3,(H,30,33)(H,31,35). The van der Waals surface area contributed by atoms with Gasteiger partial charge in [0, 0.05) is 5.69 Å². The highest BCUT2D eigenvalue weighted by molar-refractivity contribution is 5.99. The van der Waals surface area contributed by atoms with Crippen LogP contribution < -0.4 is 10.6 Å². The third-order valence-corrected chi connectivity index (χ3v) is 5.45. The van der Waals surface area contributed by atoms with Gasteiger partial charge in [-0.25, -0.2) is 4.79 Å². The predicted molar refractivity (Wildman–Crippen MR) is 139 cm³/mol. The number of benzene rings is 2. The summed E-state index contributed by atoms with van der Waals surface area (Å²) in [6.45, 7) is 12.1. The molecule has 0 spiro atoms. The van der Waals surface area contributed by atoms with Crippen molar-refractivity contribution in [2.75, 3.05) is 11.9 Å². The molecular weight excluding hydrogens is 456 g/mol. The second-order valence-corrected chi connectivity index (χ2v) is 10.1. The summed E-state index contributed by atoms with van der Waals surface area (Å²) < 4.78 is 5.34. The number of aryl methyl sites for hydroxylation is 2. The van der Waals surface area contributed by atoms with Crippen LogP contribution in [0, 0.1) is 31.1 Å². The van der Waals surface area contributed by atoms with E-state index in [9.17, 15) is 19.6 Å². The number of alkyl carbamates (subject to hydrolysis) is 1. The first-order chi connectivity index (χ1) is 16.8. The van der Waals surface area contributed by atoms with Gasteiger partial charge in [0.1, 0.15) is 24.2 Å². The van der Waals surface area contributed by atoms with Gasteiger partial charge < -0.3 is 20.3 Å². The van der Waals surface area contributed by atoms with E-state index in [1.165, 1.54) is 4.90 Å². The molecule has 0 aliphatic carbocycles. The summed E-state index contributed by atoms with van der Waals surface area (Å²) >= 11 is 0. The number of carbonyl (C=O) groups is 3. The van der Waals surface area contributed by atoms with E-state index in [-0.39, 0.29) is 12.5 Å². The van der Waals surface area contributed by atoms with Crippen molar-refractivity contribution < 1.29 is 19.1 Å². The molecule has 0 saturated heterocycles. The quantitative estimate of drug-likeness (QED) is 0.510. The third-order valence-electron chi connectivity index (χ3n) is 5.45. The predicted octanol–water partition coefficient (Wildman–Crippen LogP) is 4.88. The molecular formula is C28H36N4O4. The lowest BCUT2D eigenvalue weighted by Crippen LogP contribution is -2.54. The SMILES string of the molecule is Cc1cccc(C(C(=O)Nc2ccccc2C)N(CC#N)C(=O)C(NC(=O)OC(C)(C)C)C(C)C)c1. The summed E-state index contributed by atoms with van der Waals surface area (Å²) in [6, 6.07) is 14.5. The number of nitrogens with one attached hydrogen (secondary N) is 2. The van der Waals surface area contributed by atoms with Gasteiger partial charge in [0.15, 0.2) is 0 Å². The van der Waals surface area contributed by atoms with Gasteiger partial charge in [-0.05, 0) is 57.7 Å². The highest BCUT2D eigenvalue weighted by Gasteiger charge is 2.37. The van der Waals surface area contributed by atoms with Gasteiger partial charge in [-0.1, -0.05) is 61.9 Å². The maximum atomic E-state index is 13.8. The first kappa shape index (κ1) is 28.4. The number of amides is 3. The van der Waals surface area contributed by atoms with Crippen molar-refractivity contribution in [3.05, 3.63) is 65.2 Å². The monoisotopic (exact) mass is 492 g/mol. The molecule has 8 nitrogen and oxygen atoms in total. The fraction of sp³-hybridized carbons (Fsp3) is 0.429. The average Bonchev–Trinajstić information content (AvgIpc) is 2.77. The van der Waals surface area contributed by atoms with E-state index < -0.39 is 35.6 Å². The minimum atomic E-state index is -1.10. The molecule has 8 heteroatoms. The summed E-state index contributed by atoms with van der Waals surface area (Å²) in [5, 5.41) is 15.2. The Hall–Kier alpha value is -3.86. The molecule has 2 N–H and O–H groups in total. The largest absolute Gasteiger partial charge is 0.444 e. The Balaban J connectivity index is 2.50. The van der Waals surface area contributed by atoms with Crippen molar-refractivity contribution in [1.82, 2.24) is 10.2 Å². The number of para-hydroxylation sites is 1. The summed E-state index contributed by atoms with van der Waals surface area (Å²) in [4.78, 5) is 41.2. The van der Waals surface area contributed by atoms with Crippen LogP contribution >= 0.6 is 0 Å². The highest BCUT2D eigenvalue weighted by atomic mass is 16.6. The van der Waals surface area contributed by atoms with Gasteiger partial charge in [0.25, 0.3) is 5.91 Å². The van der Waals surface area contributed by atoms with Crippen molar-refractivity contribution >= 4 is 23.6 Å². The van der Waals surface area contributed by atoms with Crippen molar-refractivity contribution in [3.8, 4) is 6.07 Å². The fourth-order valence-corrected chi connectivity index (χ4v) is 3.73. The van der Waals surface area contributed by atoms with Gasteiger partial charge in [0.2, 0.25) is 5.91 Å². The Morgan fingerprint density at radius 2 is 1.72 bits per heavy atom. The van der Waals surface area contributed by atoms with Gasteiger partial charge in [-0.3, -0.25) is 9.59 Å². The van der Waals surface area contributed by atoms with E-state index in [1.54, 1.807) is 52.8 Å². The summed E-state index contributed by atoms with van der Waals surface area (Å²) in [5.41, 5.74) is 2.18. The van der Waals surface area contributed by atoms with Gasteiger partial charge >= 0.3 is 6.09 Å². The molecule has 0 fully saturated rings. The maximum absolute atomic E-state index is 13.8. The number of ether oxygens (including phenoxy) is 1. The van der Waals surface area contributed by atoms with Crippen molar-refractivity contribution in [1.29, 1.82) is 5.26 Å². The number of rotatable bonds is 8. The number of nitriles is 1. The van der Waals surface area contributed by atoms with Crippen LogP contribution in [0.2, 0.25) is 0 Å². The van der Waals surface area contributed by atoms with Gasteiger partial charge in [-0.2, -0.15) is 5.26 Å². The maximum Gasteiger partial charge on any atom is 0.408 e. The molecule has 0 aromatic heterocycles. The van der Waals surface area contributed by atoms with Crippen LogP contribution in [0.1, 0.15) is 57.4 Å². The molecule has 2 rings (SSSR count). The smallest absolute Gasteiger partial charge is 0.408 e. The Kier molecular flexibility index (Phi) is 9.62. The molecule has 0 saturated carbocycles. The van der Waals surface area contributed by atoms with E-state index in [4.69, 9.17) is 4.74 Å². The Bertz CT molecular complexity index is 1130. The lowest BCUT2D eigenvalue weighted by Gasteiger charge is -2.34. The Morgan fingerprint density at radius 3 is 2.28 bits per heavy atom. The normalized spacial score (nSPS) is 12.8. The minimum Gasteiger partial charge on any atom is -0.444 e. The van der Waals surface area contributed by atoms with Gasteiger partial charge in [-0.15, -0.1) is 0 Å². The molecule has 36 heavy (non-hydrogen) atoms. The number of anilines is 1. The number of nitrogens with zero attached hydrogens (tertiary/aromatic N) is 2. The molecule has 192 valence electrons. The first-order valence-corrected chi connectivity index (χ1v) is 11.9. The van der Waals surface area contributed by atoms with E-state index in [0.717, 1.165) is 11.1 Å². The summed E-state index contributed by atoms with van der Waals surface area (Å²) in [7, 11) is 0. The molecule has 0 radical (unpaired) electrons. The summed E-state index contributed by atoms with van der Waals surface area (Å²) in [6.07, 6.45) is -0.747. The van der Waals surface area contributed by atoms with Crippen molar-refractivity contribution in [2.45, 2.75) is 66.2 Å². The molecule has 2 aromatic carbocycles. The fourth-order valence-electron chi connectivity index (χ4n) is 3.73. The van der Waals surface area contributed by atoms with Crippen molar-refractivity contribution in [3.63, 3.8) is 0 Å². The van der Waals surface area contributed by atoms with Crippen LogP contribution in [-0.2, 0) is 14.3 Å². The highest BCUT2D eigenvalue weighted by Crippen LogP contribution is 2.26. The van der Waals surface area contributed by atoms with Crippen LogP contribution in [0.4, 0.5) is 10.5 Å². The van der Waals surface area contributed by atoms with Gasteiger partial charge in [0.05, 0.1) is 6.07 Å². The number of hydrogen-bond donors (Lipinski definition) is 2. The average molecular weight is 493 g/mol. The molecule has 3 amide bonds. The number of hydrogen-bond acceptors (Lipinski definition) is 5. The van der Waals surface area contributed by atoms with Crippen LogP contribution in [-0.4, -0.2) is 41.0 Å². The molecule has 2 aromatic rings. The first-order valence-electron chi connectivity index (χ1n) is 11.9. The molecule has 0 bridgehead atoms. The molecule has 0 heterocycles. The Labute approximate surface area is 213 Å². The molecule has 0 aliphatic rings. The topological polar surface area (TPSA) is 112 Å². The van der Waals surface area contributed by atoms with Crippen LogP contribution in [0.25, 0.3) is 0 Å². The lowest BCUT2D eigenvalue weighted by atomic mass is 9.98. The van der Waals surface area contributed by atoms with Crippen molar-refractivity contribution in [2.24, 2.45) is 5.92 Å². The van der Waals surface area contributed by atoms with Crippen LogP contribution in [0.5, 0.6) is 0 Å². The third kappa shape index (κ3) is 7.84. The molecule has 2 unspecified atom stereocenters. The van der Waals surface area contributed by atoms with Crippen LogP contribution in [0.3, 0.4) is 0 Å². The zero-order valence-corrected chi connectivity index (χ0v) is 22.1. The van der Waals surface area contributed by atoms with E-state index in [0.29, 0.717) is 11.3 Å². The summed E-state index contributed by atoms with van der Waals surface area (Å²) in [5.74, 6) is -1.34. The Morgan fingerprint density at radius 1 is 1.06 bits per heavy atom. The van der Waals surface area contributed by atoms with E-state index in [2.05, 4.69) is 10.6 Å². The van der Waals surface area contributed by atoms with E-state index in [1.807, 2.05) is 50.2 Å². The second-order valence-electron chi connectivity index (χ2n) is 10.1. The zero-order valence-electron chi connectivity index (χ0n) is 22.1. The zero-order chi connectivity index (χ0) is 27.0. The second kappa shape index (κ2) is 12.2. The number of carbonyl (C=O) groups excluding carboxylic acids is 3. The van der Waals surface area contributed by atoms with E-state index >= 15 is 0 Å².